The first-order valence-electron chi connectivity index (χ1n) is 8.07. The molecule has 3 aliphatic rings. The molecule has 2 unspecified atom stereocenters. The van der Waals surface area contributed by atoms with Crippen molar-refractivity contribution in [1.29, 1.82) is 0 Å². The van der Waals surface area contributed by atoms with E-state index in [4.69, 9.17) is 9.47 Å². The van der Waals surface area contributed by atoms with E-state index in [1.54, 1.807) is 7.11 Å². The van der Waals surface area contributed by atoms with E-state index in [0.717, 1.165) is 32.3 Å². The summed E-state index contributed by atoms with van der Waals surface area (Å²) in [7, 11) is 1.78. The van der Waals surface area contributed by atoms with Crippen LogP contribution in [-0.2, 0) is 9.47 Å². The summed E-state index contributed by atoms with van der Waals surface area (Å²) in [6, 6.07) is 0. The number of aliphatic hydroxyl groups is 1. The van der Waals surface area contributed by atoms with E-state index in [1.807, 2.05) is 0 Å². The van der Waals surface area contributed by atoms with E-state index in [1.165, 1.54) is 38.5 Å². The van der Waals surface area contributed by atoms with Gasteiger partial charge >= 0.3 is 0 Å². The maximum absolute atomic E-state index is 10.9. The zero-order chi connectivity index (χ0) is 13.3. The summed E-state index contributed by atoms with van der Waals surface area (Å²) in [4.78, 5) is 0. The predicted molar refractivity (Wildman–Crippen MR) is 74.1 cm³/mol. The van der Waals surface area contributed by atoms with Gasteiger partial charge in [0.05, 0.1) is 17.3 Å². The van der Waals surface area contributed by atoms with Crippen LogP contribution in [0.1, 0.15) is 64.2 Å². The van der Waals surface area contributed by atoms with Gasteiger partial charge in [0, 0.05) is 13.7 Å². The van der Waals surface area contributed by atoms with Crippen LogP contribution in [0, 0.1) is 5.92 Å². The summed E-state index contributed by atoms with van der Waals surface area (Å²) < 4.78 is 11.8. The Morgan fingerprint density at radius 3 is 2.42 bits per heavy atom. The van der Waals surface area contributed by atoms with Crippen LogP contribution in [0.2, 0.25) is 0 Å². The van der Waals surface area contributed by atoms with Gasteiger partial charge in [-0.3, -0.25) is 0 Å². The maximum atomic E-state index is 10.9. The molecule has 1 aliphatic heterocycles. The van der Waals surface area contributed by atoms with Gasteiger partial charge in [-0.2, -0.15) is 0 Å². The third-order valence-electron chi connectivity index (χ3n) is 5.89. The molecule has 19 heavy (non-hydrogen) atoms. The molecule has 3 rings (SSSR count). The lowest BCUT2D eigenvalue weighted by molar-refractivity contribution is -0.194. The molecular weight excluding hydrogens is 240 g/mol. The summed E-state index contributed by atoms with van der Waals surface area (Å²) in [6.45, 7) is 0.821. The van der Waals surface area contributed by atoms with Gasteiger partial charge in [-0.1, -0.05) is 19.3 Å². The van der Waals surface area contributed by atoms with Crippen LogP contribution in [0.4, 0.5) is 0 Å². The Morgan fingerprint density at radius 1 is 1.11 bits per heavy atom. The summed E-state index contributed by atoms with van der Waals surface area (Å²) in [6.07, 6.45) is 11.1. The lowest BCUT2D eigenvalue weighted by atomic mass is 9.67. The van der Waals surface area contributed by atoms with Crippen LogP contribution in [0.25, 0.3) is 0 Å². The highest BCUT2D eigenvalue weighted by Crippen LogP contribution is 2.47. The molecule has 1 heterocycles. The molecule has 1 spiro atoms. The van der Waals surface area contributed by atoms with Crippen LogP contribution in [0.15, 0.2) is 0 Å². The van der Waals surface area contributed by atoms with Gasteiger partial charge in [0.15, 0.2) is 0 Å². The van der Waals surface area contributed by atoms with Gasteiger partial charge in [-0.25, -0.2) is 0 Å². The molecule has 0 aromatic carbocycles. The minimum absolute atomic E-state index is 0.119. The highest BCUT2D eigenvalue weighted by atomic mass is 16.5. The topological polar surface area (TPSA) is 38.7 Å². The Labute approximate surface area is 116 Å². The van der Waals surface area contributed by atoms with E-state index in [-0.39, 0.29) is 17.3 Å². The first kappa shape index (κ1) is 13.8. The van der Waals surface area contributed by atoms with Gasteiger partial charge in [-0.15, -0.1) is 0 Å². The summed E-state index contributed by atoms with van der Waals surface area (Å²) in [5, 5.41) is 10.9. The van der Waals surface area contributed by atoms with Crippen LogP contribution in [0.3, 0.4) is 0 Å². The van der Waals surface area contributed by atoms with Gasteiger partial charge < -0.3 is 14.6 Å². The largest absolute Gasteiger partial charge is 0.390 e. The molecule has 2 saturated carbocycles. The van der Waals surface area contributed by atoms with Crippen molar-refractivity contribution in [2.24, 2.45) is 5.92 Å². The second kappa shape index (κ2) is 5.34. The lowest BCUT2D eigenvalue weighted by Gasteiger charge is -2.51. The predicted octanol–water partition coefficient (Wildman–Crippen LogP) is 3.05. The molecule has 3 heteroatoms. The smallest absolute Gasteiger partial charge is 0.0939 e. The zero-order valence-electron chi connectivity index (χ0n) is 12.2. The van der Waals surface area contributed by atoms with Crippen LogP contribution >= 0.6 is 0 Å². The number of methoxy groups -OCH3 is 1. The van der Waals surface area contributed by atoms with Crippen molar-refractivity contribution in [3.8, 4) is 0 Å². The summed E-state index contributed by atoms with van der Waals surface area (Å²) >= 11 is 0. The molecule has 0 amide bonds. The Hall–Kier alpha value is -0.120. The van der Waals surface area contributed by atoms with Crippen molar-refractivity contribution >= 4 is 0 Å². The van der Waals surface area contributed by atoms with E-state index >= 15 is 0 Å². The molecule has 1 saturated heterocycles. The summed E-state index contributed by atoms with van der Waals surface area (Å²) in [5.41, 5.74) is -0.154. The second-order valence-corrected chi connectivity index (χ2v) is 6.91. The quantitative estimate of drug-likeness (QED) is 0.855. The molecule has 0 aromatic rings. The van der Waals surface area contributed by atoms with Gasteiger partial charge in [-0.05, 0) is 50.9 Å². The van der Waals surface area contributed by atoms with Gasteiger partial charge in [0.2, 0.25) is 0 Å². The molecule has 110 valence electrons. The molecule has 2 atom stereocenters. The van der Waals surface area contributed by atoms with Crippen molar-refractivity contribution in [3.63, 3.8) is 0 Å². The van der Waals surface area contributed by atoms with E-state index in [2.05, 4.69) is 0 Å². The Balaban J connectivity index is 1.69. The fourth-order valence-electron chi connectivity index (χ4n) is 4.46. The van der Waals surface area contributed by atoms with E-state index < -0.39 is 0 Å². The highest BCUT2D eigenvalue weighted by Gasteiger charge is 2.49. The normalized spacial score (nSPS) is 34.7. The Kier molecular flexibility index (Phi) is 3.89. The van der Waals surface area contributed by atoms with Crippen LogP contribution in [0.5, 0.6) is 0 Å². The first-order chi connectivity index (χ1) is 9.20. The molecule has 2 aliphatic carbocycles. The monoisotopic (exact) mass is 268 g/mol. The molecular formula is C16H28O3. The van der Waals surface area contributed by atoms with Gasteiger partial charge in [0.1, 0.15) is 0 Å². The van der Waals surface area contributed by atoms with Crippen molar-refractivity contribution in [3.05, 3.63) is 0 Å². The third kappa shape index (κ3) is 2.45. The minimum atomic E-state index is -0.306. The lowest BCUT2D eigenvalue weighted by Crippen LogP contribution is -2.54. The third-order valence-corrected chi connectivity index (χ3v) is 5.89. The molecule has 3 fully saturated rings. The van der Waals surface area contributed by atoms with E-state index in [0.29, 0.717) is 5.92 Å². The number of hydrogen-bond donors (Lipinski definition) is 1. The van der Waals surface area contributed by atoms with Crippen molar-refractivity contribution in [1.82, 2.24) is 0 Å². The summed E-state index contributed by atoms with van der Waals surface area (Å²) in [5.74, 6) is 0.368. The van der Waals surface area contributed by atoms with Crippen molar-refractivity contribution in [2.75, 3.05) is 13.7 Å². The SMILES string of the molecule is COC1(C(O)C2CCOC3(CCC3)C2)CCCCC1. The Morgan fingerprint density at radius 2 is 1.84 bits per heavy atom. The molecule has 0 aromatic heterocycles. The number of aliphatic hydroxyl groups excluding tert-OH is 1. The van der Waals surface area contributed by atoms with Crippen LogP contribution in [-0.4, -0.2) is 36.1 Å². The van der Waals surface area contributed by atoms with Crippen molar-refractivity contribution < 1.29 is 14.6 Å². The zero-order valence-corrected chi connectivity index (χ0v) is 12.2. The number of ether oxygens (including phenoxy) is 2. The molecule has 3 nitrogen and oxygen atoms in total. The van der Waals surface area contributed by atoms with Gasteiger partial charge in [0.25, 0.3) is 0 Å². The van der Waals surface area contributed by atoms with Crippen LogP contribution < -0.4 is 0 Å². The average molecular weight is 268 g/mol. The van der Waals surface area contributed by atoms with Crippen molar-refractivity contribution in [2.45, 2.75) is 81.5 Å². The highest BCUT2D eigenvalue weighted by molar-refractivity contribution is 5.00. The second-order valence-electron chi connectivity index (χ2n) is 6.91. The molecule has 1 N–H and O–H groups in total. The van der Waals surface area contributed by atoms with E-state index in [9.17, 15) is 5.11 Å². The average Bonchev–Trinajstić information content (AvgIpc) is 2.45. The fourth-order valence-corrected chi connectivity index (χ4v) is 4.46. The standard InChI is InChI=1S/C16H28O3/c1-18-16(9-3-2-4-10-16)14(17)13-6-11-19-15(12-13)7-5-8-15/h13-14,17H,2-12H2,1H3. The minimum Gasteiger partial charge on any atom is -0.390 e. The first-order valence-corrected chi connectivity index (χ1v) is 8.07. The number of hydrogen-bond acceptors (Lipinski definition) is 3. The molecule has 0 bridgehead atoms. The fraction of sp³-hybridized carbons (Fsp3) is 1.00. The maximum Gasteiger partial charge on any atom is 0.0939 e. The number of rotatable bonds is 3. The Bertz CT molecular complexity index is 305. The molecule has 0 radical (unpaired) electrons.